The Morgan fingerprint density at radius 3 is 3.14 bits per heavy atom. The summed E-state index contributed by atoms with van der Waals surface area (Å²) in [6.07, 6.45) is 3.15. The number of ether oxygens (including phenoxy) is 1. The zero-order chi connectivity index (χ0) is 10.1. The van der Waals surface area contributed by atoms with Crippen molar-refractivity contribution in [2.75, 3.05) is 7.11 Å². The van der Waals surface area contributed by atoms with Crippen molar-refractivity contribution in [2.45, 2.75) is 0 Å². The van der Waals surface area contributed by atoms with E-state index in [4.69, 9.17) is 11.6 Å². The summed E-state index contributed by atoms with van der Waals surface area (Å²) < 4.78 is 4.62. The Morgan fingerprint density at radius 2 is 2.43 bits per heavy atom. The molecular weight excluding hydrogens is 204 g/mol. The van der Waals surface area contributed by atoms with Gasteiger partial charge in [0.05, 0.1) is 24.4 Å². The van der Waals surface area contributed by atoms with Crippen molar-refractivity contribution < 1.29 is 9.53 Å². The number of nitrogens with one attached hydrogen (secondary N) is 1. The number of halogens is 1. The molecule has 0 fully saturated rings. The highest BCUT2D eigenvalue weighted by Gasteiger charge is 2.12. The van der Waals surface area contributed by atoms with Crippen LogP contribution in [0.4, 0.5) is 0 Å². The van der Waals surface area contributed by atoms with Crippen molar-refractivity contribution in [2.24, 2.45) is 0 Å². The first-order chi connectivity index (χ1) is 6.72. The molecule has 0 aliphatic rings. The second-order valence-electron chi connectivity index (χ2n) is 2.75. The fraction of sp³-hybridized carbons (Fsp3) is 0.111. The number of rotatable bonds is 1. The monoisotopic (exact) mass is 210 g/mol. The number of aromatic nitrogens is 2. The third-order valence-electron chi connectivity index (χ3n) is 1.94. The maximum Gasteiger partial charge on any atom is 0.340 e. The fourth-order valence-electron chi connectivity index (χ4n) is 1.27. The van der Waals surface area contributed by atoms with E-state index >= 15 is 0 Å². The SMILES string of the molecule is COC(=O)c1c[nH]c2cnc(Cl)cc12. The summed E-state index contributed by atoms with van der Waals surface area (Å²) in [7, 11) is 1.34. The summed E-state index contributed by atoms with van der Waals surface area (Å²) in [5.74, 6) is -0.390. The molecule has 0 amide bonds. The van der Waals surface area contributed by atoms with Crippen molar-refractivity contribution in [1.29, 1.82) is 0 Å². The molecule has 1 N–H and O–H groups in total. The van der Waals surface area contributed by atoms with Gasteiger partial charge in [-0.25, -0.2) is 9.78 Å². The molecule has 0 aromatic carbocycles. The smallest absolute Gasteiger partial charge is 0.340 e. The minimum atomic E-state index is -0.390. The van der Waals surface area contributed by atoms with Gasteiger partial charge < -0.3 is 9.72 Å². The molecule has 0 bridgehead atoms. The van der Waals surface area contributed by atoms with Crippen LogP contribution in [-0.4, -0.2) is 23.0 Å². The molecule has 4 nitrogen and oxygen atoms in total. The van der Waals surface area contributed by atoms with Crippen LogP contribution in [0.15, 0.2) is 18.5 Å². The van der Waals surface area contributed by atoms with E-state index < -0.39 is 5.97 Å². The van der Waals surface area contributed by atoms with Crippen LogP contribution < -0.4 is 0 Å². The Labute approximate surface area is 84.9 Å². The molecule has 0 unspecified atom stereocenters. The molecular formula is C9H7ClN2O2. The van der Waals surface area contributed by atoms with E-state index in [0.29, 0.717) is 10.7 Å². The molecule has 2 aromatic rings. The average Bonchev–Trinajstić information content (AvgIpc) is 2.59. The van der Waals surface area contributed by atoms with Gasteiger partial charge in [0.1, 0.15) is 5.15 Å². The Kier molecular flexibility index (Phi) is 2.13. The van der Waals surface area contributed by atoms with Gasteiger partial charge in [-0.05, 0) is 6.07 Å². The van der Waals surface area contributed by atoms with E-state index in [1.54, 1.807) is 18.5 Å². The summed E-state index contributed by atoms with van der Waals surface area (Å²) in [6, 6.07) is 1.62. The molecule has 72 valence electrons. The van der Waals surface area contributed by atoms with Gasteiger partial charge in [-0.1, -0.05) is 11.6 Å². The van der Waals surface area contributed by atoms with Crippen LogP contribution in [0.5, 0.6) is 0 Å². The quantitative estimate of drug-likeness (QED) is 0.579. The summed E-state index contributed by atoms with van der Waals surface area (Å²) in [6.45, 7) is 0. The van der Waals surface area contributed by atoms with Gasteiger partial charge in [0.25, 0.3) is 0 Å². The van der Waals surface area contributed by atoms with E-state index in [1.807, 2.05) is 0 Å². The Bertz CT molecular complexity index is 493. The van der Waals surface area contributed by atoms with Crippen LogP contribution in [0.2, 0.25) is 5.15 Å². The van der Waals surface area contributed by atoms with E-state index in [1.165, 1.54) is 7.11 Å². The lowest BCUT2D eigenvalue weighted by molar-refractivity contribution is 0.0603. The van der Waals surface area contributed by atoms with Crippen LogP contribution in [0.25, 0.3) is 10.9 Å². The molecule has 0 spiro atoms. The largest absolute Gasteiger partial charge is 0.465 e. The summed E-state index contributed by atoms with van der Waals surface area (Å²) in [5.41, 5.74) is 1.22. The summed E-state index contributed by atoms with van der Waals surface area (Å²) in [4.78, 5) is 18.1. The number of nitrogens with zero attached hydrogens (tertiary/aromatic N) is 1. The number of pyridine rings is 1. The molecule has 0 saturated carbocycles. The van der Waals surface area contributed by atoms with E-state index in [-0.39, 0.29) is 0 Å². The molecule has 2 heterocycles. The van der Waals surface area contributed by atoms with Crippen molar-refractivity contribution in [3.05, 3.63) is 29.2 Å². The molecule has 0 aliphatic carbocycles. The number of hydrogen-bond acceptors (Lipinski definition) is 3. The molecule has 2 aromatic heterocycles. The molecule has 0 aliphatic heterocycles. The Balaban J connectivity index is 2.67. The van der Waals surface area contributed by atoms with E-state index in [2.05, 4.69) is 14.7 Å². The number of aromatic amines is 1. The highest BCUT2D eigenvalue weighted by atomic mass is 35.5. The maximum absolute atomic E-state index is 11.3. The van der Waals surface area contributed by atoms with Gasteiger partial charge in [-0.3, -0.25) is 0 Å². The average molecular weight is 211 g/mol. The van der Waals surface area contributed by atoms with Crippen molar-refractivity contribution in [1.82, 2.24) is 9.97 Å². The fourth-order valence-corrected chi connectivity index (χ4v) is 1.43. The van der Waals surface area contributed by atoms with Crippen LogP contribution in [-0.2, 0) is 4.74 Å². The van der Waals surface area contributed by atoms with Crippen molar-refractivity contribution in [3.8, 4) is 0 Å². The number of H-pyrrole nitrogens is 1. The third kappa shape index (κ3) is 1.33. The van der Waals surface area contributed by atoms with Gasteiger partial charge in [-0.2, -0.15) is 0 Å². The standard InChI is InChI=1S/C9H7ClN2O2/c1-14-9(13)6-3-11-7-4-12-8(10)2-5(6)7/h2-4,11H,1H3. The molecule has 5 heteroatoms. The zero-order valence-electron chi connectivity index (χ0n) is 7.37. The van der Waals surface area contributed by atoms with Gasteiger partial charge in [0.2, 0.25) is 0 Å². The zero-order valence-corrected chi connectivity index (χ0v) is 8.13. The highest BCUT2D eigenvalue weighted by Crippen LogP contribution is 2.20. The first-order valence-electron chi connectivity index (χ1n) is 3.93. The first kappa shape index (κ1) is 9.02. The van der Waals surface area contributed by atoms with E-state index in [0.717, 1.165) is 10.9 Å². The second kappa shape index (κ2) is 3.31. The number of fused-ring (bicyclic) bond motifs is 1. The van der Waals surface area contributed by atoms with Gasteiger partial charge in [0, 0.05) is 11.6 Å². The maximum atomic E-state index is 11.3. The van der Waals surface area contributed by atoms with Crippen LogP contribution in [0.1, 0.15) is 10.4 Å². The molecule has 0 atom stereocenters. The number of carbonyl (C=O) groups excluding carboxylic acids is 1. The van der Waals surface area contributed by atoms with Crippen LogP contribution in [0, 0.1) is 0 Å². The summed E-state index contributed by atoms with van der Waals surface area (Å²) >= 11 is 5.72. The molecule has 0 radical (unpaired) electrons. The molecule has 0 saturated heterocycles. The lowest BCUT2D eigenvalue weighted by atomic mass is 10.2. The van der Waals surface area contributed by atoms with Gasteiger partial charge in [0.15, 0.2) is 0 Å². The van der Waals surface area contributed by atoms with Crippen molar-refractivity contribution in [3.63, 3.8) is 0 Å². The van der Waals surface area contributed by atoms with E-state index in [9.17, 15) is 4.79 Å². The van der Waals surface area contributed by atoms with Crippen molar-refractivity contribution >= 4 is 28.5 Å². The lowest BCUT2D eigenvalue weighted by Gasteiger charge is -1.96. The van der Waals surface area contributed by atoms with Gasteiger partial charge >= 0.3 is 5.97 Å². The first-order valence-corrected chi connectivity index (χ1v) is 4.31. The molecule has 14 heavy (non-hydrogen) atoms. The highest BCUT2D eigenvalue weighted by molar-refractivity contribution is 6.30. The van der Waals surface area contributed by atoms with Gasteiger partial charge in [-0.15, -0.1) is 0 Å². The normalized spacial score (nSPS) is 10.4. The second-order valence-corrected chi connectivity index (χ2v) is 3.13. The number of carbonyl (C=O) groups is 1. The summed E-state index contributed by atoms with van der Waals surface area (Å²) in [5, 5.41) is 1.07. The molecule has 2 rings (SSSR count). The predicted molar refractivity (Wildman–Crippen MR) is 52.4 cm³/mol. The van der Waals surface area contributed by atoms with Crippen LogP contribution in [0.3, 0.4) is 0 Å². The van der Waals surface area contributed by atoms with Crippen LogP contribution >= 0.6 is 11.6 Å². The Morgan fingerprint density at radius 1 is 1.64 bits per heavy atom. The minimum Gasteiger partial charge on any atom is -0.465 e. The third-order valence-corrected chi connectivity index (χ3v) is 2.14. The number of methoxy groups -OCH3 is 1. The lowest BCUT2D eigenvalue weighted by Crippen LogP contribution is -1.99. The number of esters is 1. The topological polar surface area (TPSA) is 55.0 Å². The Hall–Kier alpha value is -1.55. The predicted octanol–water partition coefficient (Wildman–Crippen LogP) is 2.00. The minimum absolute atomic E-state index is 0.349. The number of hydrogen-bond donors (Lipinski definition) is 1.